The maximum Gasteiger partial charge on any atom is 0.119 e. The van der Waals surface area contributed by atoms with Gasteiger partial charge in [-0.05, 0) is 51.4 Å². The van der Waals surface area contributed by atoms with E-state index in [1.807, 2.05) is 33.0 Å². The summed E-state index contributed by atoms with van der Waals surface area (Å²) in [6, 6.07) is 10.7. The van der Waals surface area contributed by atoms with Crippen molar-refractivity contribution in [1.82, 2.24) is 5.32 Å². The van der Waals surface area contributed by atoms with Gasteiger partial charge in [-0.1, -0.05) is 18.6 Å². The van der Waals surface area contributed by atoms with E-state index in [4.69, 9.17) is 4.74 Å². The molecule has 1 aliphatic carbocycles. The number of nitrogens with zero attached hydrogens (tertiary/aromatic N) is 1. The summed E-state index contributed by atoms with van der Waals surface area (Å²) in [6.07, 6.45) is 3.31. The van der Waals surface area contributed by atoms with Crippen molar-refractivity contribution in [3.63, 3.8) is 0 Å². The molecule has 0 aromatic heterocycles. The van der Waals surface area contributed by atoms with Gasteiger partial charge in [-0.2, -0.15) is 5.26 Å². The van der Waals surface area contributed by atoms with E-state index in [0.29, 0.717) is 0 Å². The fourth-order valence-electron chi connectivity index (χ4n) is 2.80. The first-order chi connectivity index (χ1) is 9.11. The summed E-state index contributed by atoms with van der Waals surface area (Å²) < 4.78 is 5.65. The monoisotopic (exact) mass is 258 g/mol. The van der Waals surface area contributed by atoms with Gasteiger partial charge in [-0.25, -0.2) is 0 Å². The summed E-state index contributed by atoms with van der Waals surface area (Å²) in [4.78, 5) is 0. The Bertz CT molecular complexity index is 455. The molecule has 0 bridgehead atoms. The molecule has 1 atom stereocenters. The molecule has 1 fully saturated rings. The van der Waals surface area contributed by atoms with E-state index < -0.39 is 0 Å². The van der Waals surface area contributed by atoms with Gasteiger partial charge in [-0.15, -0.1) is 0 Å². The van der Waals surface area contributed by atoms with Gasteiger partial charge in [0.15, 0.2) is 0 Å². The van der Waals surface area contributed by atoms with E-state index in [9.17, 15) is 5.26 Å². The molecule has 3 heteroatoms. The first kappa shape index (κ1) is 13.9. The van der Waals surface area contributed by atoms with E-state index >= 15 is 0 Å². The largest absolute Gasteiger partial charge is 0.491 e. The summed E-state index contributed by atoms with van der Waals surface area (Å²) in [5.74, 6) is 0.883. The predicted octanol–water partition coefficient (Wildman–Crippen LogP) is 3.43. The summed E-state index contributed by atoms with van der Waals surface area (Å²) in [6.45, 7) is 4.03. The fraction of sp³-hybridized carbons (Fsp3) is 0.562. The molecule has 0 radical (unpaired) electrons. The Hall–Kier alpha value is -1.53. The van der Waals surface area contributed by atoms with Crippen LogP contribution in [0.15, 0.2) is 24.3 Å². The number of hydrogen-bond acceptors (Lipinski definition) is 3. The third-order valence-corrected chi connectivity index (χ3v) is 3.89. The molecule has 1 aromatic rings. The second kappa shape index (κ2) is 5.63. The van der Waals surface area contributed by atoms with Gasteiger partial charge in [-0.3, -0.25) is 0 Å². The number of rotatable bonds is 5. The molecule has 1 N–H and O–H groups in total. The highest BCUT2D eigenvalue weighted by Gasteiger charge is 2.44. The van der Waals surface area contributed by atoms with Crippen LogP contribution in [0.3, 0.4) is 0 Å². The lowest BCUT2D eigenvalue weighted by atomic mass is 9.63. The highest BCUT2D eigenvalue weighted by atomic mass is 16.5. The van der Waals surface area contributed by atoms with Crippen molar-refractivity contribution < 1.29 is 4.74 Å². The van der Waals surface area contributed by atoms with E-state index in [0.717, 1.165) is 25.0 Å². The Morgan fingerprint density at radius 3 is 2.26 bits per heavy atom. The van der Waals surface area contributed by atoms with E-state index in [1.54, 1.807) is 0 Å². The minimum absolute atomic E-state index is 0.111. The molecule has 3 nitrogen and oxygen atoms in total. The Balaban J connectivity index is 2.18. The Morgan fingerprint density at radius 1 is 1.26 bits per heavy atom. The first-order valence-electron chi connectivity index (χ1n) is 6.96. The fourth-order valence-corrected chi connectivity index (χ4v) is 2.80. The zero-order chi connectivity index (χ0) is 13.9. The maximum absolute atomic E-state index is 9.46. The van der Waals surface area contributed by atoms with Gasteiger partial charge < -0.3 is 10.1 Å². The van der Waals surface area contributed by atoms with Gasteiger partial charge >= 0.3 is 0 Å². The van der Waals surface area contributed by atoms with Crippen LogP contribution in [0.25, 0.3) is 0 Å². The molecule has 0 heterocycles. The van der Waals surface area contributed by atoms with Crippen molar-refractivity contribution >= 4 is 0 Å². The van der Waals surface area contributed by atoms with Crippen molar-refractivity contribution in [3.8, 4) is 11.8 Å². The molecule has 0 spiro atoms. The molecular formula is C16H22N2O. The molecule has 0 aliphatic heterocycles. The van der Waals surface area contributed by atoms with E-state index in [2.05, 4.69) is 23.5 Å². The average Bonchev–Trinajstić information content (AvgIpc) is 2.34. The molecule has 0 amide bonds. The van der Waals surface area contributed by atoms with Gasteiger partial charge in [0.2, 0.25) is 0 Å². The molecule has 2 rings (SSSR count). The van der Waals surface area contributed by atoms with Crippen LogP contribution < -0.4 is 10.1 Å². The second-order valence-corrected chi connectivity index (χ2v) is 5.58. The number of nitriles is 1. The average molecular weight is 258 g/mol. The molecular weight excluding hydrogens is 236 g/mol. The third kappa shape index (κ3) is 2.74. The second-order valence-electron chi connectivity index (χ2n) is 5.58. The molecule has 1 unspecified atom stereocenters. The molecule has 1 aliphatic rings. The van der Waals surface area contributed by atoms with Crippen LogP contribution in [-0.4, -0.2) is 13.2 Å². The van der Waals surface area contributed by atoms with E-state index in [-0.39, 0.29) is 17.6 Å². The predicted molar refractivity (Wildman–Crippen MR) is 75.9 cm³/mol. The molecule has 1 aromatic carbocycles. The molecule has 1 saturated carbocycles. The SMILES string of the molecule is CNC(c1ccc(OC(C)C)cc1)C1(C#N)CCC1. The van der Waals surface area contributed by atoms with Crippen molar-refractivity contribution in [2.24, 2.45) is 5.41 Å². The Kier molecular flexibility index (Phi) is 4.11. The highest BCUT2D eigenvalue weighted by Crippen LogP contribution is 2.49. The normalized spacial score (nSPS) is 18.5. The summed E-state index contributed by atoms with van der Waals surface area (Å²) in [7, 11) is 1.93. The zero-order valence-electron chi connectivity index (χ0n) is 11.9. The number of benzene rings is 1. The van der Waals surface area contributed by atoms with Crippen LogP contribution in [0.1, 0.15) is 44.7 Å². The van der Waals surface area contributed by atoms with Crippen LogP contribution in [0, 0.1) is 16.7 Å². The first-order valence-corrected chi connectivity index (χ1v) is 6.96. The Labute approximate surface area is 115 Å². The lowest BCUT2D eigenvalue weighted by molar-refractivity contribution is 0.149. The molecule has 102 valence electrons. The quantitative estimate of drug-likeness (QED) is 0.880. The summed E-state index contributed by atoms with van der Waals surface area (Å²) in [5.41, 5.74) is 0.940. The standard InChI is InChI=1S/C16H22N2O/c1-12(2)19-14-7-5-13(6-8-14)15(18-3)16(11-17)9-4-10-16/h5-8,12,15,18H,4,9-10H2,1-3H3. The minimum Gasteiger partial charge on any atom is -0.491 e. The lowest BCUT2D eigenvalue weighted by Gasteiger charge is -2.42. The van der Waals surface area contributed by atoms with Crippen LogP contribution >= 0.6 is 0 Å². The number of nitrogens with one attached hydrogen (secondary N) is 1. The summed E-state index contributed by atoms with van der Waals surface area (Å²) in [5, 5.41) is 12.8. The van der Waals surface area contributed by atoms with Crippen LogP contribution in [0.2, 0.25) is 0 Å². The number of ether oxygens (including phenoxy) is 1. The third-order valence-electron chi connectivity index (χ3n) is 3.89. The highest BCUT2D eigenvalue weighted by molar-refractivity contribution is 5.32. The zero-order valence-corrected chi connectivity index (χ0v) is 11.9. The Morgan fingerprint density at radius 2 is 1.89 bits per heavy atom. The van der Waals surface area contributed by atoms with Crippen LogP contribution in [0.5, 0.6) is 5.75 Å². The van der Waals surface area contributed by atoms with Gasteiger partial charge in [0, 0.05) is 0 Å². The van der Waals surface area contributed by atoms with Gasteiger partial charge in [0.25, 0.3) is 0 Å². The van der Waals surface area contributed by atoms with E-state index in [1.165, 1.54) is 5.56 Å². The number of hydrogen-bond donors (Lipinski definition) is 1. The van der Waals surface area contributed by atoms with Crippen molar-refractivity contribution in [1.29, 1.82) is 5.26 Å². The lowest BCUT2D eigenvalue weighted by Crippen LogP contribution is -2.40. The van der Waals surface area contributed by atoms with Crippen molar-refractivity contribution in [3.05, 3.63) is 29.8 Å². The van der Waals surface area contributed by atoms with Gasteiger partial charge in [0.05, 0.1) is 23.6 Å². The molecule has 0 saturated heterocycles. The van der Waals surface area contributed by atoms with Crippen LogP contribution in [0.4, 0.5) is 0 Å². The van der Waals surface area contributed by atoms with Crippen LogP contribution in [-0.2, 0) is 0 Å². The minimum atomic E-state index is -0.227. The van der Waals surface area contributed by atoms with Crippen molar-refractivity contribution in [2.75, 3.05) is 7.05 Å². The van der Waals surface area contributed by atoms with Crippen molar-refractivity contribution in [2.45, 2.75) is 45.3 Å². The topological polar surface area (TPSA) is 45.0 Å². The molecule has 19 heavy (non-hydrogen) atoms. The summed E-state index contributed by atoms with van der Waals surface area (Å²) >= 11 is 0. The van der Waals surface area contributed by atoms with Gasteiger partial charge in [0.1, 0.15) is 5.75 Å². The maximum atomic E-state index is 9.46. The smallest absolute Gasteiger partial charge is 0.119 e.